The number of hydrogen-bond donors (Lipinski definition) is 0. The lowest BCUT2D eigenvalue weighted by atomic mass is 9.90. The minimum absolute atomic E-state index is 0.0347. The number of amides is 2. The van der Waals surface area contributed by atoms with E-state index in [4.69, 9.17) is 0 Å². The molecule has 0 N–H and O–H groups in total. The van der Waals surface area contributed by atoms with Crippen LogP contribution in [0.5, 0.6) is 0 Å². The Labute approximate surface area is 168 Å². The molecule has 1 aliphatic heterocycles. The van der Waals surface area contributed by atoms with E-state index in [9.17, 15) is 9.59 Å². The zero-order valence-electron chi connectivity index (χ0n) is 17.1. The van der Waals surface area contributed by atoms with Gasteiger partial charge in [0, 0.05) is 25.7 Å². The summed E-state index contributed by atoms with van der Waals surface area (Å²) in [4.78, 5) is 28.6. The number of carbonyl (C=O) groups is 2. The molecule has 0 saturated carbocycles. The van der Waals surface area contributed by atoms with E-state index in [1.165, 1.54) is 12.5 Å². The second kappa shape index (κ2) is 9.05. The average Bonchev–Trinajstić information content (AvgIpc) is 2.66. The minimum atomic E-state index is -0.0997. The average molecular weight is 379 g/mol. The molecule has 0 atom stereocenters. The predicted octanol–water partition coefficient (Wildman–Crippen LogP) is 4.14. The highest BCUT2D eigenvalue weighted by Gasteiger charge is 2.25. The summed E-state index contributed by atoms with van der Waals surface area (Å²) in [5.41, 5.74) is 4.35. The van der Waals surface area contributed by atoms with Crippen molar-refractivity contribution in [3.8, 4) is 0 Å². The fraction of sp³-hybridized carbons (Fsp3) is 0.417. The molecular formula is C24H30N2O2. The van der Waals surface area contributed by atoms with Crippen molar-refractivity contribution in [1.29, 1.82) is 0 Å². The van der Waals surface area contributed by atoms with Gasteiger partial charge in [-0.2, -0.15) is 0 Å². The Hall–Kier alpha value is -2.62. The van der Waals surface area contributed by atoms with Crippen molar-refractivity contribution in [2.24, 2.45) is 5.92 Å². The van der Waals surface area contributed by atoms with Gasteiger partial charge >= 0.3 is 0 Å². The van der Waals surface area contributed by atoms with E-state index >= 15 is 0 Å². The molecule has 4 heteroatoms. The lowest BCUT2D eigenvalue weighted by Gasteiger charge is -2.33. The van der Waals surface area contributed by atoms with E-state index in [-0.39, 0.29) is 18.4 Å². The van der Waals surface area contributed by atoms with Crippen LogP contribution < -0.4 is 4.90 Å². The van der Waals surface area contributed by atoms with Crippen molar-refractivity contribution >= 4 is 17.5 Å². The SMILES string of the molecule is CC(=O)N(CC(=O)N1CCC(Cc2ccccc2)CC1)c1cc(C)cc(C)c1. The van der Waals surface area contributed by atoms with Crippen LogP contribution in [0.15, 0.2) is 48.5 Å². The number of piperidine rings is 1. The minimum Gasteiger partial charge on any atom is -0.341 e. The van der Waals surface area contributed by atoms with Crippen LogP contribution in [0.1, 0.15) is 36.5 Å². The van der Waals surface area contributed by atoms with Crippen molar-refractivity contribution in [3.63, 3.8) is 0 Å². The molecule has 1 fully saturated rings. The Kier molecular flexibility index (Phi) is 6.50. The van der Waals surface area contributed by atoms with E-state index in [1.807, 2.05) is 36.9 Å². The number of anilines is 1. The van der Waals surface area contributed by atoms with Gasteiger partial charge < -0.3 is 9.80 Å². The molecule has 4 nitrogen and oxygen atoms in total. The molecular weight excluding hydrogens is 348 g/mol. The third-order valence-electron chi connectivity index (χ3n) is 5.53. The fourth-order valence-electron chi connectivity index (χ4n) is 4.06. The maximum Gasteiger partial charge on any atom is 0.242 e. The number of carbonyl (C=O) groups excluding carboxylic acids is 2. The molecule has 2 aromatic carbocycles. The zero-order valence-corrected chi connectivity index (χ0v) is 17.1. The molecule has 28 heavy (non-hydrogen) atoms. The zero-order chi connectivity index (χ0) is 20.1. The number of rotatable bonds is 5. The summed E-state index contributed by atoms with van der Waals surface area (Å²) in [6, 6.07) is 16.6. The first-order chi connectivity index (χ1) is 13.4. The largest absolute Gasteiger partial charge is 0.341 e. The highest BCUT2D eigenvalue weighted by Crippen LogP contribution is 2.23. The topological polar surface area (TPSA) is 40.6 Å². The van der Waals surface area contributed by atoms with Crippen LogP contribution in [0, 0.1) is 19.8 Å². The highest BCUT2D eigenvalue weighted by molar-refractivity contribution is 5.97. The summed E-state index contributed by atoms with van der Waals surface area (Å²) in [7, 11) is 0. The Balaban J connectivity index is 1.58. The van der Waals surface area contributed by atoms with Gasteiger partial charge in [0.25, 0.3) is 0 Å². The van der Waals surface area contributed by atoms with Crippen molar-refractivity contribution < 1.29 is 9.59 Å². The summed E-state index contributed by atoms with van der Waals surface area (Å²) >= 11 is 0. The summed E-state index contributed by atoms with van der Waals surface area (Å²) < 4.78 is 0. The Morgan fingerprint density at radius 3 is 2.18 bits per heavy atom. The molecule has 0 unspecified atom stereocenters. The Morgan fingerprint density at radius 2 is 1.61 bits per heavy atom. The lowest BCUT2D eigenvalue weighted by molar-refractivity contribution is -0.132. The van der Waals surface area contributed by atoms with E-state index in [2.05, 4.69) is 30.3 Å². The van der Waals surface area contributed by atoms with Gasteiger partial charge in [0.05, 0.1) is 0 Å². The summed E-state index contributed by atoms with van der Waals surface area (Å²) in [6.07, 6.45) is 3.11. The van der Waals surface area contributed by atoms with E-state index < -0.39 is 0 Å². The third kappa shape index (κ3) is 5.22. The van der Waals surface area contributed by atoms with E-state index in [0.717, 1.165) is 49.2 Å². The number of nitrogens with zero attached hydrogens (tertiary/aromatic N) is 2. The van der Waals surface area contributed by atoms with E-state index in [1.54, 1.807) is 4.90 Å². The first-order valence-electron chi connectivity index (χ1n) is 10.1. The van der Waals surface area contributed by atoms with Crippen LogP contribution in [-0.4, -0.2) is 36.3 Å². The smallest absolute Gasteiger partial charge is 0.242 e. The molecule has 0 spiro atoms. The van der Waals surface area contributed by atoms with Crippen LogP contribution in [0.2, 0.25) is 0 Å². The first kappa shape index (κ1) is 20.1. The van der Waals surface area contributed by atoms with Gasteiger partial charge in [-0.15, -0.1) is 0 Å². The standard InChI is InChI=1S/C24H30N2O2/c1-18-13-19(2)15-23(14-18)26(20(3)27)17-24(28)25-11-9-22(10-12-25)16-21-7-5-4-6-8-21/h4-8,13-15,22H,9-12,16-17H2,1-3H3. The van der Waals surface area contributed by atoms with Gasteiger partial charge in [-0.1, -0.05) is 36.4 Å². The van der Waals surface area contributed by atoms with Crippen molar-refractivity contribution in [1.82, 2.24) is 4.90 Å². The van der Waals surface area contributed by atoms with Crippen LogP contribution in [0.25, 0.3) is 0 Å². The maximum absolute atomic E-state index is 12.9. The molecule has 0 aromatic heterocycles. The quantitative estimate of drug-likeness (QED) is 0.785. The van der Waals surface area contributed by atoms with Crippen molar-refractivity contribution in [2.45, 2.75) is 40.0 Å². The number of aryl methyl sites for hydroxylation is 2. The van der Waals surface area contributed by atoms with Crippen LogP contribution in [0.4, 0.5) is 5.69 Å². The monoisotopic (exact) mass is 378 g/mol. The van der Waals surface area contributed by atoms with Gasteiger partial charge in [0.2, 0.25) is 11.8 Å². The fourth-order valence-corrected chi connectivity index (χ4v) is 4.06. The molecule has 1 aliphatic rings. The molecule has 0 radical (unpaired) electrons. The van der Waals surface area contributed by atoms with Crippen molar-refractivity contribution in [2.75, 3.05) is 24.5 Å². The Bertz CT molecular complexity index is 804. The van der Waals surface area contributed by atoms with Gasteiger partial charge in [-0.05, 0) is 67.9 Å². The summed E-state index contributed by atoms with van der Waals surface area (Å²) in [6.45, 7) is 7.20. The second-order valence-corrected chi connectivity index (χ2v) is 7.96. The van der Waals surface area contributed by atoms with Crippen LogP contribution >= 0.6 is 0 Å². The first-order valence-corrected chi connectivity index (χ1v) is 10.1. The molecule has 148 valence electrons. The normalized spacial score (nSPS) is 14.8. The molecule has 1 heterocycles. The van der Waals surface area contributed by atoms with Crippen LogP contribution in [0.3, 0.4) is 0 Å². The molecule has 0 aliphatic carbocycles. The van der Waals surface area contributed by atoms with E-state index in [0.29, 0.717) is 5.92 Å². The Morgan fingerprint density at radius 1 is 1.00 bits per heavy atom. The van der Waals surface area contributed by atoms with Gasteiger partial charge in [0.1, 0.15) is 6.54 Å². The second-order valence-electron chi connectivity index (χ2n) is 7.96. The maximum atomic E-state index is 12.9. The van der Waals surface area contributed by atoms with Gasteiger partial charge in [-0.3, -0.25) is 9.59 Å². The third-order valence-corrected chi connectivity index (χ3v) is 5.53. The molecule has 2 amide bonds. The predicted molar refractivity (Wildman–Crippen MR) is 113 cm³/mol. The summed E-state index contributed by atoms with van der Waals surface area (Å²) in [5, 5.41) is 0. The lowest BCUT2D eigenvalue weighted by Crippen LogP contribution is -2.45. The van der Waals surface area contributed by atoms with Crippen LogP contribution in [-0.2, 0) is 16.0 Å². The molecule has 1 saturated heterocycles. The highest BCUT2D eigenvalue weighted by atomic mass is 16.2. The molecule has 2 aromatic rings. The van der Waals surface area contributed by atoms with Gasteiger partial charge in [-0.25, -0.2) is 0 Å². The number of likely N-dealkylation sites (tertiary alicyclic amines) is 1. The molecule has 0 bridgehead atoms. The molecule has 3 rings (SSSR count). The number of hydrogen-bond acceptors (Lipinski definition) is 2. The van der Waals surface area contributed by atoms with Gasteiger partial charge in [0.15, 0.2) is 0 Å². The number of benzene rings is 2. The van der Waals surface area contributed by atoms with Crippen molar-refractivity contribution in [3.05, 3.63) is 65.2 Å². The summed E-state index contributed by atoms with van der Waals surface area (Å²) in [5.74, 6) is 0.555.